The molecule has 6 heteroatoms. The Morgan fingerprint density at radius 3 is 2.63 bits per heavy atom. The molecule has 0 aromatic heterocycles. The second kappa shape index (κ2) is 8.69. The third kappa shape index (κ3) is 4.27. The van der Waals surface area contributed by atoms with Crippen LogP contribution in [0.15, 0.2) is 72.8 Å². The van der Waals surface area contributed by atoms with Gasteiger partial charge in [0.1, 0.15) is 18.1 Å². The summed E-state index contributed by atoms with van der Waals surface area (Å²) in [5.74, 6) is 0.998. The van der Waals surface area contributed by atoms with Gasteiger partial charge in [-0.15, -0.1) is 0 Å². The van der Waals surface area contributed by atoms with Gasteiger partial charge in [-0.25, -0.2) is 0 Å². The topological polar surface area (TPSA) is 67.9 Å². The Morgan fingerprint density at radius 1 is 1.07 bits per heavy atom. The fourth-order valence-corrected chi connectivity index (χ4v) is 3.32. The second-order valence-corrected chi connectivity index (χ2v) is 6.95. The number of fused-ring (bicyclic) bond motifs is 1. The molecule has 30 heavy (non-hydrogen) atoms. The van der Waals surface area contributed by atoms with E-state index in [9.17, 15) is 9.59 Å². The molecule has 2 amide bonds. The molecular formula is C24H22N2O4. The maximum absolute atomic E-state index is 12.6. The van der Waals surface area contributed by atoms with E-state index in [1.165, 1.54) is 0 Å². The van der Waals surface area contributed by atoms with Gasteiger partial charge in [-0.3, -0.25) is 9.59 Å². The third-order valence-corrected chi connectivity index (χ3v) is 4.88. The number of amides is 2. The molecule has 1 heterocycles. The van der Waals surface area contributed by atoms with E-state index < -0.39 is 0 Å². The van der Waals surface area contributed by atoms with Crippen LogP contribution in [0.2, 0.25) is 0 Å². The maximum Gasteiger partial charge on any atom is 0.265 e. The molecule has 0 bridgehead atoms. The van der Waals surface area contributed by atoms with Gasteiger partial charge in [0.05, 0.1) is 12.2 Å². The predicted molar refractivity (Wildman–Crippen MR) is 115 cm³/mol. The minimum absolute atomic E-state index is 0.0206. The summed E-state index contributed by atoms with van der Waals surface area (Å²) < 4.78 is 11.3. The molecule has 0 fully saturated rings. The standard InChI is InChI=1S/C24H22N2O4/c1-17-7-5-6-10-20(17)24(28)25-18-11-12-22-21(15-18)26(23(27)16-30-22)13-14-29-19-8-3-2-4-9-19/h2-12,15H,13-14,16H2,1H3,(H,25,28). The number of carbonyl (C=O) groups excluding carboxylic acids is 2. The largest absolute Gasteiger partial charge is 0.492 e. The number of hydrogen-bond acceptors (Lipinski definition) is 4. The van der Waals surface area contributed by atoms with Gasteiger partial charge in [-0.05, 0) is 48.9 Å². The molecule has 3 aromatic carbocycles. The lowest BCUT2D eigenvalue weighted by molar-refractivity contribution is -0.121. The van der Waals surface area contributed by atoms with Crippen molar-refractivity contribution in [1.29, 1.82) is 0 Å². The molecule has 4 rings (SSSR count). The molecule has 0 unspecified atom stereocenters. The summed E-state index contributed by atoms with van der Waals surface area (Å²) in [6.45, 7) is 2.59. The Bertz CT molecular complexity index is 1070. The summed E-state index contributed by atoms with van der Waals surface area (Å²) in [6, 6.07) is 22.1. The second-order valence-electron chi connectivity index (χ2n) is 6.95. The highest BCUT2D eigenvalue weighted by Crippen LogP contribution is 2.34. The highest BCUT2D eigenvalue weighted by atomic mass is 16.5. The van der Waals surface area contributed by atoms with E-state index in [4.69, 9.17) is 9.47 Å². The summed E-state index contributed by atoms with van der Waals surface area (Å²) in [5, 5.41) is 2.90. The minimum atomic E-state index is -0.199. The average Bonchev–Trinajstić information content (AvgIpc) is 2.76. The minimum Gasteiger partial charge on any atom is -0.492 e. The molecule has 152 valence electrons. The van der Waals surface area contributed by atoms with Crippen molar-refractivity contribution < 1.29 is 19.1 Å². The Morgan fingerprint density at radius 2 is 1.83 bits per heavy atom. The van der Waals surface area contributed by atoms with E-state index in [1.54, 1.807) is 29.2 Å². The van der Waals surface area contributed by atoms with Crippen LogP contribution >= 0.6 is 0 Å². The Hall–Kier alpha value is -3.80. The van der Waals surface area contributed by atoms with Crippen molar-refractivity contribution in [3.05, 3.63) is 83.9 Å². The lowest BCUT2D eigenvalue weighted by Crippen LogP contribution is -2.41. The number of nitrogens with zero attached hydrogens (tertiary/aromatic N) is 1. The molecular weight excluding hydrogens is 380 g/mol. The van der Waals surface area contributed by atoms with Gasteiger partial charge >= 0.3 is 0 Å². The van der Waals surface area contributed by atoms with Gasteiger partial charge in [0.2, 0.25) is 0 Å². The number of ether oxygens (including phenoxy) is 2. The third-order valence-electron chi connectivity index (χ3n) is 4.88. The lowest BCUT2D eigenvalue weighted by Gasteiger charge is -2.29. The van der Waals surface area contributed by atoms with Crippen molar-refractivity contribution in [2.75, 3.05) is 30.0 Å². The van der Waals surface area contributed by atoms with Crippen LogP contribution in [-0.4, -0.2) is 31.6 Å². The van der Waals surface area contributed by atoms with Gasteiger partial charge in [0.25, 0.3) is 11.8 Å². The van der Waals surface area contributed by atoms with Gasteiger partial charge in [-0.1, -0.05) is 36.4 Å². The summed E-state index contributed by atoms with van der Waals surface area (Å²) in [7, 11) is 0. The Kier molecular flexibility index (Phi) is 5.66. The first kappa shape index (κ1) is 19.5. The van der Waals surface area contributed by atoms with Crippen LogP contribution in [0, 0.1) is 6.92 Å². The first-order chi connectivity index (χ1) is 14.6. The zero-order valence-corrected chi connectivity index (χ0v) is 16.6. The molecule has 6 nitrogen and oxygen atoms in total. The number of rotatable bonds is 6. The van der Waals surface area contributed by atoms with Gasteiger partial charge in [0, 0.05) is 11.3 Å². The zero-order valence-electron chi connectivity index (χ0n) is 16.6. The Balaban J connectivity index is 1.50. The lowest BCUT2D eigenvalue weighted by atomic mass is 10.1. The molecule has 0 saturated heterocycles. The van der Waals surface area contributed by atoms with E-state index in [-0.39, 0.29) is 18.4 Å². The molecule has 0 aliphatic carbocycles. The average molecular weight is 402 g/mol. The molecule has 1 aliphatic rings. The first-order valence-electron chi connectivity index (χ1n) is 9.74. The molecule has 1 aliphatic heterocycles. The highest BCUT2D eigenvalue weighted by Gasteiger charge is 2.26. The van der Waals surface area contributed by atoms with E-state index in [0.29, 0.717) is 35.8 Å². The SMILES string of the molecule is Cc1ccccc1C(=O)Nc1ccc2c(c1)N(CCOc1ccccc1)C(=O)CO2. The summed E-state index contributed by atoms with van der Waals surface area (Å²) in [6.07, 6.45) is 0. The highest BCUT2D eigenvalue weighted by molar-refractivity contribution is 6.06. The first-order valence-corrected chi connectivity index (χ1v) is 9.74. The predicted octanol–water partition coefficient (Wildman–Crippen LogP) is 4.05. The van der Waals surface area contributed by atoms with Crippen LogP contribution in [0.1, 0.15) is 15.9 Å². The van der Waals surface area contributed by atoms with Crippen LogP contribution in [0.5, 0.6) is 11.5 Å². The number of benzene rings is 3. The Labute approximate surface area is 175 Å². The fraction of sp³-hybridized carbons (Fsp3) is 0.167. The number of carbonyl (C=O) groups is 2. The molecule has 0 spiro atoms. The van der Waals surface area contributed by atoms with Gasteiger partial charge < -0.3 is 19.7 Å². The van der Waals surface area contributed by atoms with Crippen LogP contribution in [0.25, 0.3) is 0 Å². The van der Waals surface area contributed by atoms with E-state index >= 15 is 0 Å². The van der Waals surface area contributed by atoms with Crippen molar-refractivity contribution in [3.63, 3.8) is 0 Å². The van der Waals surface area contributed by atoms with Crippen LogP contribution in [-0.2, 0) is 4.79 Å². The van der Waals surface area contributed by atoms with Crippen molar-refractivity contribution in [2.45, 2.75) is 6.92 Å². The monoisotopic (exact) mass is 402 g/mol. The van der Waals surface area contributed by atoms with E-state index in [2.05, 4.69) is 5.32 Å². The zero-order chi connectivity index (χ0) is 20.9. The van der Waals surface area contributed by atoms with Crippen molar-refractivity contribution >= 4 is 23.2 Å². The number of anilines is 2. The number of hydrogen-bond donors (Lipinski definition) is 1. The smallest absolute Gasteiger partial charge is 0.265 e. The maximum atomic E-state index is 12.6. The van der Waals surface area contributed by atoms with Gasteiger partial charge in [-0.2, -0.15) is 0 Å². The van der Waals surface area contributed by atoms with E-state index in [1.807, 2.05) is 55.5 Å². The summed E-state index contributed by atoms with van der Waals surface area (Å²) in [5.41, 5.74) is 2.71. The van der Waals surface area contributed by atoms with Crippen LogP contribution in [0.4, 0.5) is 11.4 Å². The molecule has 3 aromatic rings. The van der Waals surface area contributed by atoms with Crippen molar-refractivity contribution in [1.82, 2.24) is 0 Å². The number of nitrogens with one attached hydrogen (secondary N) is 1. The summed E-state index contributed by atoms with van der Waals surface area (Å²) >= 11 is 0. The van der Waals surface area contributed by atoms with Crippen LogP contribution in [0.3, 0.4) is 0 Å². The van der Waals surface area contributed by atoms with Gasteiger partial charge in [0.15, 0.2) is 6.61 Å². The molecule has 1 N–H and O–H groups in total. The fourth-order valence-electron chi connectivity index (χ4n) is 3.32. The summed E-state index contributed by atoms with van der Waals surface area (Å²) in [4.78, 5) is 26.7. The normalized spacial score (nSPS) is 12.7. The molecule has 0 atom stereocenters. The molecule has 0 radical (unpaired) electrons. The van der Waals surface area contributed by atoms with Crippen LogP contribution < -0.4 is 19.7 Å². The molecule has 0 saturated carbocycles. The van der Waals surface area contributed by atoms with E-state index in [0.717, 1.165) is 11.3 Å². The van der Waals surface area contributed by atoms with Crippen molar-refractivity contribution in [3.8, 4) is 11.5 Å². The quantitative estimate of drug-likeness (QED) is 0.675. The number of para-hydroxylation sites is 1. The number of aryl methyl sites for hydroxylation is 1. The van der Waals surface area contributed by atoms with Crippen molar-refractivity contribution in [2.24, 2.45) is 0 Å².